The van der Waals surface area contributed by atoms with Crippen LogP contribution in [0.25, 0.3) is 11.0 Å². The Labute approximate surface area is 138 Å². The van der Waals surface area contributed by atoms with Gasteiger partial charge in [-0.2, -0.15) is 0 Å². The second-order valence-electron chi connectivity index (χ2n) is 5.48. The first-order chi connectivity index (χ1) is 11.1. The highest BCUT2D eigenvalue weighted by Gasteiger charge is 2.19. The maximum atomic E-state index is 12.0. The molecule has 0 saturated heterocycles. The Kier molecular flexibility index (Phi) is 4.64. The number of likely N-dealkylation sites (N-methyl/N-ethyl adjacent to an activating group) is 1. The second kappa shape index (κ2) is 6.85. The molecule has 0 aliphatic rings. The molecule has 3 rings (SSSR count). The summed E-state index contributed by atoms with van der Waals surface area (Å²) in [6.07, 6.45) is 0. The molecule has 0 fully saturated rings. The average Bonchev–Trinajstić information content (AvgIpc) is 3.15. The minimum atomic E-state index is -0.213. The topological polar surface area (TPSA) is 57.5 Å². The standard InChI is InChI=1S/C17H19N3O2S/c1-20(2)13(11-18-17(21)19-16-8-5-9-23-16)15-10-12-6-3-4-7-14(12)22-15/h3-10,13H,11H2,1-2H3,(H2,18,19,21)/t13-/m1/s1. The van der Waals surface area contributed by atoms with Crippen molar-refractivity contribution in [2.75, 3.05) is 26.0 Å². The number of thiophene rings is 1. The van der Waals surface area contributed by atoms with Gasteiger partial charge in [0.15, 0.2) is 0 Å². The average molecular weight is 329 g/mol. The second-order valence-corrected chi connectivity index (χ2v) is 6.43. The lowest BCUT2D eigenvalue weighted by Gasteiger charge is -2.22. The van der Waals surface area contributed by atoms with Gasteiger partial charge in [0.2, 0.25) is 0 Å². The third kappa shape index (κ3) is 3.72. The molecule has 5 nitrogen and oxygen atoms in total. The lowest BCUT2D eigenvalue weighted by Crippen LogP contribution is -2.36. The van der Waals surface area contributed by atoms with Crippen LogP contribution in [0.2, 0.25) is 0 Å². The molecule has 2 amide bonds. The molecule has 2 N–H and O–H groups in total. The van der Waals surface area contributed by atoms with Gasteiger partial charge in [-0.25, -0.2) is 4.79 Å². The van der Waals surface area contributed by atoms with Gasteiger partial charge in [0, 0.05) is 11.9 Å². The first-order valence-electron chi connectivity index (χ1n) is 7.37. The fraction of sp³-hybridized carbons (Fsp3) is 0.235. The molecule has 2 aromatic heterocycles. The van der Waals surface area contributed by atoms with E-state index in [2.05, 4.69) is 10.6 Å². The lowest BCUT2D eigenvalue weighted by atomic mass is 10.2. The monoisotopic (exact) mass is 329 g/mol. The van der Waals surface area contributed by atoms with Crippen molar-refractivity contribution in [1.29, 1.82) is 0 Å². The summed E-state index contributed by atoms with van der Waals surface area (Å²) in [6.45, 7) is 0.462. The number of benzene rings is 1. The van der Waals surface area contributed by atoms with Gasteiger partial charge < -0.3 is 9.73 Å². The zero-order valence-electron chi connectivity index (χ0n) is 13.1. The van der Waals surface area contributed by atoms with E-state index < -0.39 is 0 Å². The van der Waals surface area contributed by atoms with E-state index in [0.717, 1.165) is 21.7 Å². The van der Waals surface area contributed by atoms with E-state index in [0.29, 0.717) is 6.54 Å². The minimum Gasteiger partial charge on any atom is -0.459 e. The summed E-state index contributed by atoms with van der Waals surface area (Å²) in [4.78, 5) is 14.0. The van der Waals surface area contributed by atoms with Gasteiger partial charge in [-0.1, -0.05) is 18.2 Å². The van der Waals surface area contributed by atoms with Crippen molar-refractivity contribution in [2.24, 2.45) is 0 Å². The zero-order chi connectivity index (χ0) is 16.2. The van der Waals surface area contributed by atoms with Crippen molar-refractivity contribution in [3.8, 4) is 0 Å². The number of furan rings is 1. The van der Waals surface area contributed by atoms with Gasteiger partial charge in [-0.15, -0.1) is 11.3 Å². The molecule has 0 saturated carbocycles. The van der Waals surface area contributed by atoms with E-state index in [1.807, 2.05) is 66.8 Å². The summed E-state index contributed by atoms with van der Waals surface area (Å²) in [5.41, 5.74) is 0.859. The van der Waals surface area contributed by atoms with Crippen molar-refractivity contribution in [1.82, 2.24) is 10.2 Å². The largest absolute Gasteiger partial charge is 0.459 e. The van der Waals surface area contributed by atoms with Crippen molar-refractivity contribution in [3.63, 3.8) is 0 Å². The fourth-order valence-electron chi connectivity index (χ4n) is 2.40. The van der Waals surface area contributed by atoms with Gasteiger partial charge in [-0.05, 0) is 43.7 Å². The van der Waals surface area contributed by atoms with Gasteiger partial charge in [0.05, 0.1) is 11.0 Å². The number of nitrogens with zero attached hydrogens (tertiary/aromatic N) is 1. The van der Waals surface area contributed by atoms with Gasteiger partial charge >= 0.3 is 6.03 Å². The number of para-hydroxylation sites is 1. The summed E-state index contributed by atoms with van der Waals surface area (Å²) in [6, 6.07) is 13.5. The Morgan fingerprint density at radius 3 is 2.78 bits per heavy atom. The Balaban J connectivity index is 1.68. The van der Waals surface area contributed by atoms with Gasteiger partial charge in [0.1, 0.15) is 11.3 Å². The van der Waals surface area contributed by atoms with Crippen molar-refractivity contribution >= 4 is 33.3 Å². The minimum absolute atomic E-state index is 0.0310. The fourth-order valence-corrected chi connectivity index (χ4v) is 3.01. The number of urea groups is 1. The number of hydrogen-bond donors (Lipinski definition) is 2. The van der Waals surface area contributed by atoms with Crippen LogP contribution in [0.15, 0.2) is 52.3 Å². The van der Waals surface area contributed by atoms with Crippen LogP contribution in [0.5, 0.6) is 0 Å². The Hall–Kier alpha value is -2.31. The molecule has 6 heteroatoms. The number of amides is 2. The molecule has 1 atom stereocenters. The molecule has 120 valence electrons. The van der Waals surface area contributed by atoms with E-state index in [-0.39, 0.29) is 12.1 Å². The number of carbonyl (C=O) groups is 1. The molecule has 2 heterocycles. The number of rotatable bonds is 5. The highest BCUT2D eigenvalue weighted by molar-refractivity contribution is 7.14. The normalized spacial score (nSPS) is 12.5. The van der Waals surface area contributed by atoms with Crippen molar-refractivity contribution in [2.45, 2.75) is 6.04 Å². The molecule has 0 aliphatic carbocycles. The molecule has 0 bridgehead atoms. The molecule has 3 aromatic rings. The van der Waals surface area contributed by atoms with Crippen LogP contribution in [-0.2, 0) is 0 Å². The van der Waals surface area contributed by atoms with Crippen LogP contribution in [0.3, 0.4) is 0 Å². The molecule has 0 radical (unpaired) electrons. The number of anilines is 1. The first kappa shape index (κ1) is 15.6. The lowest BCUT2D eigenvalue weighted by molar-refractivity contribution is 0.235. The quantitative estimate of drug-likeness (QED) is 0.746. The third-order valence-electron chi connectivity index (χ3n) is 3.61. The van der Waals surface area contributed by atoms with Crippen molar-refractivity contribution in [3.05, 3.63) is 53.6 Å². The molecule has 0 spiro atoms. The predicted octanol–water partition coefficient (Wildman–Crippen LogP) is 3.92. The third-order valence-corrected chi connectivity index (χ3v) is 4.40. The van der Waals surface area contributed by atoms with Crippen LogP contribution in [-0.4, -0.2) is 31.6 Å². The molecule has 1 aromatic carbocycles. The number of fused-ring (bicyclic) bond motifs is 1. The number of carbonyl (C=O) groups excluding carboxylic acids is 1. The van der Waals surface area contributed by atoms with Crippen LogP contribution < -0.4 is 10.6 Å². The smallest absolute Gasteiger partial charge is 0.319 e. The SMILES string of the molecule is CN(C)[C@H](CNC(=O)Nc1cccs1)c1cc2ccccc2o1. The van der Waals surface area contributed by atoms with E-state index in [1.165, 1.54) is 11.3 Å². The molecule has 0 unspecified atom stereocenters. The van der Waals surface area contributed by atoms with Gasteiger partial charge in [0.25, 0.3) is 0 Å². The van der Waals surface area contributed by atoms with Crippen LogP contribution >= 0.6 is 11.3 Å². The Bertz CT molecular complexity index is 747. The number of nitrogens with one attached hydrogen (secondary N) is 2. The van der Waals surface area contributed by atoms with Crippen LogP contribution in [0.1, 0.15) is 11.8 Å². The zero-order valence-corrected chi connectivity index (χ0v) is 13.9. The molecule has 0 aliphatic heterocycles. The molecule has 23 heavy (non-hydrogen) atoms. The van der Waals surface area contributed by atoms with Gasteiger partial charge in [-0.3, -0.25) is 10.2 Å². The van der Waals surface area contributed by atoms with E-state index >= 15 is 0 Å². The summed E-state index contributed by atoms with van der Waals surface area (Å²) in [5.74, 6) is 0.840. The predicted molar refractivity (Wildman–Crippen MR) is 94.0 cm³/mol. The van der Waals surface area contributed by atoms with Crippen molar-refractivity contribution < 1.29 is 9.21 Å². The summed E-state index contributed by atoms with van der Waals surface area (Å²) < 4.78 is 5.92. The summed E-state index contributed by atoms with van der Waals surface area (Å²) in [5, 5.41) is 9.53. The highest BCUT2D eigenvalue weighted by Crippen LogP contribution is 2.26. The molecular formula is C17H19N3O2S. The summed E-state index contributed by atoms with van der Waals surface area (Å²) >= 11 is 1.49. The Morgan fingerprint density at radius 2 is 2.09 bits per heavy atom. The van der Waals surface area contributed by atoms with E-state index in [9.17, 15) is 4.79 Å². The van der Waals surface area contributed by atoms with Crippen LogP contribution in [0, 0.1) is 0 Å². The summed E-state index contributed by atoms with van der Waals surface area (Å²) in [7, 11) is 3.94. The first-order valence-corrected chi connectivity index (χ1v) is 8.24. The maximum Gasteiger partial charge on any atom is 0.319 e. The molecular weight excluding hydrogens is 310 g/mol. The number of hydrogen-bond acceptors (Lipinski definition) is 4. The van der Waals surface area contributed by atoms with Crippen LogP contribution in [0.4, 0.5) is 9.80 Å². The van der Waals surface area contributed by atoms with E-state index in [4.69, 9.17) is 4.42 Å². The van der Waals surface area contributed by atoms with E-state index in [1.54, 1.807) is 0 Å². The highest BCUT2D eigenvalue weighted by atomic mass is 32.1. The maximum absolute atomic E-state index is 12.0. The Morgan fingerprint density at radius 1 is 1.26 bits per heavy atom.